The van der Waals surface area contributed by atoms with E-state index in [1.165, 1.54) is 6.20 Å². The van der Waals surface area contributed by atoms with Gasteiger partial charge in [0, 0.05) is 31.0 Å². The molecule has 0 spiro atoms. The zero-order chi connectivity index (χ0) is 23.7. The fraction of sp³-hybridized carbons (Fsp3) is 0.348. The van der Waals surface area contributed by atoms with Gasteiger partial charge in [-0.1, -0.05) is 18.2 Å². The van der Waals surface area contributed by atoms with Gasteiger partial charge in [-0.3, -0.25) is 9.78 Å². The number of hydrazine groups is 2. The number of pyridine rings is 1. The average Bonchev–Trinajstić information content (AvgIpc) is 3.55. The second-order valence-electron chi connectivity index (χ2n) is 8.50. The Balaban J connectivity index is 1.32. The summed E-state index contributed by atoms with van der Waals surface area (Å²) in [6.45, 7) is 1.26. The molecule has 3 aromatic rings. The predicted octanol–water partition coefficient (Wildman–Crippen LogP) is 3.01. The lowest BCUT2D eigenvalue weighted by atomic mass is 10.0. The van der Waals surface area contributed by atoms with Gasteiger partial charge in [0.1, 0.15) is 11.7 Å². The van der Waals surface area contributed by atoms with Gasteiger partial charge in [0.15, 0.2) is 0 Å². The van der Waals surface area contributed by atoms with E-state index in [0.717, 1.165) is 12.8 Å². The van der Waals surface area contributed by atoms with Crippen LogP contribution >= 0.6 is 0 Å². The van der Waals surface area contributed by atoms with Crippen molar-refractivity contribution in [1.29, 1.82) is 0 Å². The molecule has 3 atom stereocenters. The minimum absolute atomic E-state index is 0.00510. The van der Waals surface area contributed by atoms with Crippen molar-refractivity contribution in [2.24, 2.45) is 0 Å². The fourth-order valence-electron chi connectivity index (χ4n) is 4.51. The Kier molecular flexibility index (Phi) is 6.07. The van der Waals surface area contributed by atoms with Crippen molar-refractivity contribution < 1.29 is 18.0 Å². The summed E-state index contributed by atoms with van der Waals surface area (Å²) in [4.78, 5) is 23.5. The SMILES string of the molecule is O=C(c1ccccc1)N1CCC[C@@H](n2cnc(-c3cc(C4NNNC4C(F)(F)F)ccn3)c2)C1. The summed E-state index contributed by atoms with van der Waals surface area (Å²) in [6.07, 6.45) is 2.37. The summed E-state index contributed by atoms with van der Waals surface area (Å²) in [6, 6.07) is 9.67. The zero-order valence-corrected chi connectivity index (χ0v) is 18.2. The molecule has 178 valence electrons. The van der Waals surface area contributed by atoms with Crippen LogP contribution in [-0.2, 0) is 0 Å². The van der Waals surface area contributed by atoms with E-state index >= 15 is 0 Å². The van der Waals surface area contributed by atoms with Crippen LogP contribution in [0.1, 0.15) is 40.8 Å². The van der Waals surface area contributed by atoms with Crippen molar-refractivity contribution in [3.05, 3.63) is 72.3 Å². The minimum atomic E-state index is -4.42. The number of rotatable bonds is 4. The number of nitrogens with zero attached hydrogens (tertiary/aromatic N) is 4. The van der Waals surface area contributed by atoms with Crippen LogP contribution in [0, 0.1) is 0 Å². The van der Waals surface area contributed by atoms with E-state index < -0.39 is 18.3 Å². The Morgan fingerprint density at radius 2 is 1.88 bits per heavy atom. The summed E-state index contributed by atoms with van der Waals surface area (Å²) in [7, 11) is 0. The Morgan fingerprint density at radius 3 is 2.68 bits per heavy atom. The van der Waals surface area contributed by atoms with Gasteiger partial charge in [0.25, 0.3) is 5.91 Å². The van der Waals surface area contributed by atoms with Crippen LogP contribution in [0.5, 0.6) is 0 Å². The van der Waals surface area contributed by atoms with Gasteiger partial charge in [-0.15, -0.1) is 0 Å². The first-order chi connectivity index (χ1) is 16.4. The molecule has 0 radical (unpaired) electrons. The molecule has 2 aliphatic rings. The molecule has 0 bridgehead atoms. The number of hydrogen-bond acceptors (Lipinski definition) is 6. The van der Waals surface area contributed by atoms with Crippen LogP contribution in [0.2, 0.25) is 0 Å². The molecule has 2 aromatic heterocycles. The molecular formula is C23H24F3N7O. The van der Waals surface area contributed by atoms with Gasteiger partial charge in [0.05, 0.1) is 24.1 Å². The molecule has 3 N–H and O–H groups in total. The lowest BCUT2D eigenvalue weighted by molar-refractivity contribution is -0.156. The van der Waals surface area contributed by atoms with Crippen molar-refractivity contribution in [2.75, 3.05) is 13.1 Å². The van der Waals surface area contributed by atoms with Crippen LogP contribution in [0.25, 0.3) is 11.4 Å². The van der Waals surface area contributed by atoms with Gasteiger partial charge >= 0.3 is 6.18 Å². The predicted molar refractivity (Wildman–Crippen MR) is 118 cm³/mol. The molecule has 1 amide bonds. The summed E-state index contributed by atoms with van der Waals surface area (Å²) >= 11 is 0. The molecule has 2 saturated heterocycles. The van der Waals surface area contributed by atoms with Crippen molar-refractivity contribution in [3.8, 4) is 11.4 Å². The molecule has 5 rings (SSSR count). The number of nitrogens with one attached hydrogen (secondary N) is 3. The number of carbonyl (C=O) groups excluding carboxylic acids is 1. The maximum absolute atomic E-state index is 13.3. The van der Waals surface area contributed by atoms with E-state index in [1.54, 1.807) is 18.5 Å². The van der Waals surface area contributed by atoms with E-state index in [2.05, 4.69) is 26.4 Å². The minimum Gasteiger partial charge on any atom is -0.337 e. The molecule has 0 saturated carbocycles. The van der Waals surface area contributed by atoms with E-state index in [1.807, 2.05) is 46.0 Å². The molecule has 2 unspecified atom stereocenters. The lowest BCUT2D eigenvalue weighted by Crippen LogP contribution is -2.43. The molecule has 11 heteroatoms. The second-order valence-corrected chi connectivity index (χ2v) is 8.50. The van der Waals surface area contributed by atoms with E-state index in [4.69, 9.17) is 0 Å². The molecule has 2 fully saturated rings. The Morgan fingerprint density at radius 1 is 1.06 bits per heavy atom. The van der Waals surface area contributed by atoms with Gasteiger partial charge in [-0.05, 0) is 42.7 Å². The molecule has 1 aromatic carbocycles. The molecule has 4 heterocycles. The number of amides is 1. The molecule has 2 aliphatic heterocycles. The number of hydrogen-bond donors (Lipinski definition) is 3. The maximum Gasteiger partial charge on any atom is 0.407 e. The third kappa shape index (κ3) is 4.54. The number of benzene rings is 1. The number of piperidine rings is 1. The topological polar surface area (TPSA) is 87.1 Å². The quantitative estimate of drug-likeness (QED) is 0.543. The van der Waals surface area contributed by atoms with Crippen LogP contribution < -0.4 is 16.4 Å². The van der Waals surface area contributed by atoms with Gasteiger partial charge in [-0.2, -0.15) is 18.7 Å². The summed E-state index contributed by atoms with van der Waals surface area (Å²) in [5.41, 5.74) is 9.36. The van der Waals surface area contributed by atoms with Crippen molar-refractivity contribution >= 4 is 5.91 Å². The highest BCUT2D eigenvalue weighted by Crippen LogP contribution is 2.33. The number of aromatic nitrogens is 3. The first-order valence-corrected chi connectivity index (χ1v) is 11.1. The van der Waals surface area contributed by atoms with Gasteiger partial charge < -0.3 is 9.47 Å². The number of likely N-dealkylation sites (tertiary alicyclic amines) is 1. The van der Waals surface area contributed by atoms with Crippen molar-refractivity contribution in [2.45, 2.75) is 37.1 Å². The van der Waals surface area contributed by atoms with Gasteiger partial charge in [0.2, 0.25) is 0 Å². The van der Waals surface area contributed by atoms with Crippen LogP contribution in [-0.4, -0.2) is 50.6 Å². The van der Waals surface area contributed by atoms with Gasteiger partial charge in [-0.25, -0.2) is 15.8 Å². The van der Waals surface area contributed by atoms with E-state index in [-0.39, 0.29) is 11.9 Å². The number of carbonyl (C=O) groups is 1. The molecular weight excluding hydrogens is 447 g/mol. The molecule has 8 nitrogen and oxygen atoms in total. The largest absolute Gasteiger partial charge is 0.407 e. The monoisotopic (exact) mass is 471 g/mol. The third-order valence-electron chi connectivity index (χ3n) is 6.27. The third-order valence-corrected chi connectivity index (χ3v) is 6.27. The second kappa shape index (κ2) is 9.16. The Bertz CT molecular complexity index is 1150. The van der Waals surface area contributed by atoms with Crippen molar-refractivity contribution in [1.82, 2.24) is 35.8 Å². The van der Waals surface area contributed by atoms with Crippen molar-refractivity contribution in [3.63, 3.8) is 0 Å². The lowest BCUT2D eigenvalue weighted by Gasteiger charge is -2.33. The summed E-state index contributed by atoms with van der Waals surface area (Å²) in [5, 5.41) is 0. The highest BCUT2D eigenvalue weighted by atomic mass is 19.4. The van der Waals surface area contributed by atoms with E-state index in [0.29, 0.717) is 35.6 Å². The summed E-state index contributed by atoms with van der Waals surface area (Å²) in [5.74, 6) is 0.00510. The molecule has 34 heavy (non-hydrogen) atoms. The highest BCUT2D eigenvalue weighted by molar-refractivity contribution is 5.94. The van der Waals surface area contributed by atoms with Crippen LogP contribution in [0.4, 0.5) is 13.2 Å². The standard InChI is InChI=1S/C23H24F3N7O/c24-23(25,26)21-20(29-31-30-21)16-8-9-27-18(11-16)19-13-33(14-28-19)17-7-4-10-32(12-17)22(34)15-5-2-1-3-6-15/h1-3,5-6,8-9,11,13-14,17,20-21,29-31H,4,7,10,12H2/t17-,20?,21?/m1/s1. The Labute approximate surface area is 194 Å². The first-order valence-electron chi connectivity index (χ1n) is 11.1. The number of alkyl halides is 3. The number of halogens is 3. The van der Waals surface area contributed by atoms with E-state index in [9.17, 15) is 18.0 Å². The first kappa shape index (κ1) is 22.5. The fourth-order valence-corrected chi connectivity index (χ4v) is 4.51. The van der Waals surface area contributed by atoms with Crippen LogP contribution in [0.3, 0.4) is 0 Å². The maximum atomic E-state index is 13.3. The zero-order valence-electron chi connectivity index (χ0n) is 18.2. The highest BCUT2D eigenvalue weighted by Gasteiger charge is 2.48. The Hall–Kier alpha value is -3.28. The smallest absolute Gasteiger partial charge is 0.337 e. The van der Waals surface area contributed by atoms with Crippen LogP contribution in [0.15, 0.2) is 61.2 Å². The number of imidazole rings is 1. The summed E-state index contributed by atoms with van der Waals surface area (Å²) < 4.78 is 41.9. The molecule has 0 aliphatic carbocycles. The normalized spacial score (nSPS) is 23.3. The average molecular weight is 471 g/mol.